The number of anilines is 2. The summed E-state index contributed by atoms with van der Waals surface area (Å²) in [7, 11) is -2.20. The van der Waals surface area contributed by atoms with Crippen LogP contribution in [0, 0.1) is 0 Å². The number of rotatable bonds is 3. The highest BCUT2D eigenvalue weighted by Crippen LogP contribution is 2.29. The molecule has 19 heavy (non-hydrogen) atoms. The highest BCUT2D eigenvalue weighted by atomic mass is 32.2. The van der Waals surface area contributed by atoms with E-state index in [1.54, 1.807) is 11.0 Å². The van der Waals surface area contributed by atoms with Gasteiger partial charge in [0, 0.05) is 13.1 Å². The minimum Gasteiger partial charge on any atom is -0.397 e. The van der Waals surface area contributed by atoms with E-state index in [0.29, 0.717) is 5.69 Å². The Morgan fingerprint density at radius 1 is 1.32 bits per heavy atom. The molecule has 106 valence electrons. The van der Waals surface area contributed by atoms with E-state index >= 15 is 0 Å². The minimum absolute atomic E-state index is 0.0801. The summed E-state index contributed by atoms with van der Waals surface area (Å²) in [5, 5.41) is 19.0. The Morgan fingerprint density at radius 2 is 1.89 bits per heavy atom. The summed E-state index contributed by atoms with van der Waals surface area (Å²) < 4.78 is 25.5. The smallest absolute Gasteiger partial charge is 0.240 e. The van der Waals surface area contributed by atoms with Crippen LogP contribution in [-0.4, -0.2) is 51.0 Å². The second kappa shape index (κ2) is 4.97. The summed E-state index contributed by atoms with van der Waals surface area (Å²) >= 11 is 0. The number of nitrogens with two attached hydrogens (primary N) is 1. The molecule has 2 atom stereocenters. The van der Waals surface area contributed by atoms with Gasteiger partial charge in [-0.3, -0.25) is 0 Å². The van der Waals surface area contributed by atoms with E-state index in [0.717, 1.165) is 0 Å². The lowest BCUT2D eigenvalue weighted by Gasteiger charge is -2.20. The van der Waals surface area contributed by atoms with Crippen LogP contribution < -0.4 is 15.4 Å². The van der Waals surface area contributed by atoms with Crippen LogP contribution in [0.5, 0.6) is 0 Å². The van der Waals surface area contributed by atoms with Gasteiger partial charge in [0.05, 0.1) is 28.5 Å². The Bertz CT molecular complexity index is 565. The molecule has 0 radical (unpaired) electrons. The lowest BCUT2D eigenvalue weighted by molar-refractivity contribution is 0.0572. The zero-order valence-electron chi connectivity index (χ0n) is 10.4. The molecule has 7 nitrogen and oxygen atoms in total. The van der Waals surface area contributed by atoms with Crippen molar-refractivity contribution in [2.45, 2.75) is 17.1 Å². The zero-order valence-corrected chi connectivity index (χ0v) is 11.3. The summed E-state index contributed by atoms with van der Waals surface area (Å²) in [5.41, 5.74) is 6.74. The first-order valence-electron chi connectivity index (χ1n) is 5.79. The van der Waals surface area contributed by atoms with Gasteiger partial charge < -0.3 is 20.8 Å². The summed E-state index contributed by atoms with van der Waals surface area (Å²) in [4.78, 5) is 1.80. The van der Waals surface area contributed by atoms with E-state index in [9.17, 15) is 18.6 Å². The standard InChI is InChI=1S/C11H17N3O4S/c1-13-19(17,18)7-2-3-9(8(12)4-7)14-5-10(15)11(16)6-14/h2-4,10-11,13,15-16H,5-6,12H2,1H3. The molecule has 1 aliphatic heterocycles. The monoisotopic (exact) mass is 287 g/mol. The van der Waals surface area contributed by atoms with Crippen molar-refractivity contribution in [2.75, 3.05) is 30.8 Å². The van der Waals surface area contributed by atoms with Gasteiger partial charge >= 0.3 is 0 Å². The first-order chi connectivity index (χ1) is 8.85. The normalized spacial score (nSPS) is 23.8. The van der Waals surface area contributed by atoms with Crippen molar-refractivity contribution in [1.29, 1.82) is 0 Å². The predicted molar refractivity (Wildman–Crippen MR) is 71.3 cm³/mol. The first-order valence-corrected chi connectivity index (χ1v) is 7.27. The van der Waals surface area contributed by atoms with Gasteiger partial charge in [-0.25, -0.2) is 13.1 Å². The summed E-state index contributed by atoms with van der Waals surface area (Å²) in [5.74, 6) is 0. The van der Waals surface area contributed by atoms with Gasteiger partial charge in [0.25, 0.3) is 0 Å². The highest BCUT2D eigenvalue weighted by molar-refractivity contribution is 7.89. The maximum atomic E-state index is 11.6. The van der Waals surface area contributed by atoms with Crippen LogP contribution in [0.1, 0.15) is 0 Å². The molecule has 0 bridgehead atoms. The van der Waals surface area contributed by atoms with Crippen LogP contribution in [0.25, 0.3) is 0 Å². The summed E-state index contributed by atoms with van der Waals surface area (Å²) in [6, 6.07) is 4.37. The van der Waals surface area contributed by atoms with Crippen molar-refractivity contribution in [2.24, 2.45) is 0 Å². The van der Waals surface area contributed by atoms with Crippen LogP contribution >= 0.6 is 0 Å². The second-order valence-corrected chi connectivity index (χ2v) is 6.35. The fraction of sp³-hybridized carbons (Fsp3) is 0.455. The Hall–Kier alpha value is -1.35. The van der Waals surface area contributed by atoms with Crippen LogP contribution in [-0.2, 0) is 10.0 Å². The Labute approximate surface area is 111 Å². The fourth-order valence-corrected chi connectivity index (χ4v) is 2.84. The minimum atomic E-state index is -3.53. The lowest BCUT2D eigenvalue weighted by Crippen LogP contribution is -2.23. The van der Waals surface area contributed by atoms with Crippen molar-refractivity contribution in [1.82, 2.24) is 4.72 Å². The molecule has 0 amide bonds. The van der Waals surface area contributed by atoms with Crippen LogP contribution in [0.2, 0.25) is 0 Å². The number of aliphatic hydroxyl groups is 2. The molecule has 2 unspecified atom stereocenters. The average Bonchev–Trinajstić information content (AvgIpc) is 2.69. The van der Waals surface area contributed by atoms with E-state index in [-0.39, 0.29) is 23.7 Å². The summed E-state index contributed by atoms with van der Waals surface area (Å²) in [6.07, 6.45) is -1.64. The van der Waals surface area contributed by atoms with Crippen LogP contribution in [0.3, 0.4) is 0 Å². The maximum absolute atomic E-state index is 11.6. The molecule has 1 aromatic rings. The molecule has 8 heteroatoms. The first kappa shape index (κ1) is 14.1. The number of aliphatic hydroxyl groups excluding tert-OH is 2. The Balaban J connectivity index is 2.31. The third-order valence-corrected chi connectivity index (χ3v) is 4.59. The maximum Gasteiger partial charge on any atom is 0.240 e. The average molecular weight is 287 g/mol. The molecule has 1 heterocycles. The SMILES string of the molecule is CNS(=O)(=O)c1ccc(N2CC(O)C(O)C2)c(N)c1. The number of nitrogen functional groups attached to an aromatic ring is 1. The largest absolute Gasteiger partial charge is 0.397 e. The number of β-amino-alcohol motifs (C(OH)–C–C–N with tert-alkyl or cyclic N) is 2. The molecule has 0 saturated carbocycles. The molecule has 2 rings (SSSR count). The molecule has 1 fully saturated rings. The second-order valence-electron chi connectivity index (χ2n) is 4.47. The van der Waals surface area contributed by atoms with Crippen molar-refractivity contribution in [3.63, 3.8) is 0 Å². The van der Waals surface area contributed by atoms with Crippen molar-refractivity contribution in [3.05, 3.63) is 18.2 Å². The van der Waals surface area contributed by atoms with Crippen molar-refractivity contribution >= 4 is 21.4 Å². The van der Waals surface area contributed by atoms with Gasteiger partial charge in [-0.15, -0.1) is 0 Å². The van der Waals surface area contributed by atoms with E-state index in [1.807, 2.05) is 0 Å². The number of hydrogen-bond acceptors (Lipinski definition) is 6. The summed E-state index contributed by atoms with van der Waals surface area (Å²) in [6.45, 7) is 0.535. The van der Waals surface area contributed by atoms with Crippen molar-refractivity contribution < 1.29 is 18.6 Å². The van der Waals surface area contributed by atoms with E-state index in [2.05, 4.69) is 4.72 Å². The molecule has 1 saturated heterocycles. The van der Waals surface area contributed by atoms with Gasteiger partial charge in [0.2, 0.25) is 10.0 Å². The number of sulfonamides is 1. The molecule has 0 spiro atoms. The highest BCUT2D eigenvalue weighted by Gasteiger charge is 2.30. The van der Waals surface area contributed by atoms with Gasteiger partial charge in [0.15, 0.2) is 0 Å². The molecule has 0 aliphatic carbocycles. The fourth-order valence-electron chi connectivity index (χ4n) is 2.07. The number of hydrogen-bond donors (Lipinski definition) is 4. The zero-order chi connectivity index (χ0) is 14.2. The van der Waals surface area contributed by atoms with Crippen LogP contribution in [0.4, 0.5) is 11.4 Å². The topological polar surface area (TPSA) is 116 Å². The molecular formula is C11H17N3O4S. The molecule has 0 aromatic heterocycles. The van der Waals surface area contributed by atoms with Gasteiger partial charge in [-0.1, -0.05) is 0 Å². The molecule has 1 aliphatic rings. The molecule has 5 N–H and O–H groups in total. The number of benzene rings is 1. The number of nitrogens with one attached hydrogen (secondary N) is 1. The predicted octanol–water partition coefficient (Wildman–Crippen LogP) is -1.28. The van der Waals surface area contributed by atoms with Crippen LogP contribution in [0.15, 0.2) is 23.1 Å². The lowest BCUT2D eigenvalue weighted by atomic mass is 10.2. The van der Waals surface area contributed by atoms with Gasteiger partial charge in [0.1, 0.15) is 0 Å². The number of nitrogens with zero attached hydrogens (tertiary/aromatic N) is 1. The van der Waals surface area contributed by atoms with Gasteiger partial charge in [-0.05, 0) is 25.2 Å². The Kier molecular flexibility index (Phi) is 3.68. The molecule has 1 aromatic carbocycles. The third-order valence-electron chi connectivity index (χ3n) is 3.18. The van der Waals surface area contributed by atoms with E-state index in [4.69, 9.17) is 5.73 Å². The van der Waals surface area contributed by atoms with Crippen molar-refractivity contribution in [3.8, 4) is 0 Å². The van der Waals surface area contributed by atoms with E-state index < -0.39 is 22.2 Å². The van der Waals surface area contributed by atoms with Gasteiger partial charge in [-0.2, -0.15) is 0 Å². The Morgan fingerprint density at radius 3 is 2.37 bits per heavy atom. The third kappa shape index (κ3) is 2.66. The molecular weight excluding hydrogens is 270 g/mol. The quantitative estimate of drug-likeness (QED) is 0.515. The van der Waals surface area contributed by atoms with E-state index in [1.165, 1.54) is 19.2 Å².